The van der Waals surface area contributed by atoms with Crippen molar-refractivity contribution in [1.29, 1.82) is 0 Å². The van der Waals surface area contributed by atoms with Crippen LogP contribution in [-0.2, 0) is 9.47 Å². The molecule has 0 fully saturated rings. The van der Waals surface area contributed by atoms with E-state index in [9.17, 15) is 10.2 Å². The summed E-state index contributed by atoms with van der Waals surface area (Å²) in [5.74, 6) is 0. The van der Waals surface area contributed by atoms with Gasteiger partial charge in [0.15, 0.2) is 0 Å². The van der Waals surface area contributed by atoms with Crippen LogP contribution in [0.15, 0.2) is 0 Å². The first-order valence-electron chi connectivity index (χ1n) is 16.8. The Balaban J connectivity index is 3.68. The Bertz CT molecular complexity index is 413. The molecule has 2 N–H and O–H groups in total. The Labute approximate surface area is 238 Å². The lowest BCUT2D eigenvalue weighted by Gasteiger charge is -2.30. The number of hydrogen-bond donors (Lipinski definition) is 2. The second-order valence-electron chi connectivity index (χ2n) is 11.9. The fourth-order valence-corrected chi connectivity index (χ4v) is 4.96. The molecule has 0 radical (unpaired) electrons. The lowest BCUT2D eigenvalue weighted by Crippen LogP contribution is -2.44. The highest BCUT2D eigenvalue weighted by molar-refractivity contribution is 4.72. The number of nitrogens with zero attached hydrogens (tertiary/aromatic N) is 1. The largest absolute Gasteiger partial charge is 0.389 e. The molecule has 5 nitrogen and oxygen atoms in total. The van der Waals surface area contributed by atoms with Crippen molar-refractivity contribution in [3.63, 3.8) is 0 Å². The Kier molecular flexibility index (Phi) is 29.6. The topological polar surface area (TPSA) is 62.2 Å². The van der Waals surface area contributed by atoms with Crippen LogP contribution in [0.2, 0.25) is 0 Å². The second-order valence-corrected chi connectivity index (χ2v) is 11.9. The van der Waals surface area contributed by atoms with Crippen molar-refractivity contribution in [2.75, 3.05) is 39.5 Å². The molecular weight excluding hydrogens is 474 g/mol. The van der Waals surface area contributed by atoms with Crippen LogP contribution in [0.4, 0.5) is 0 Å². The summed E-state index contributed by atoms with van der Waals surface area (Å²) in [6.45, 7) is 12.0. The van der Waals surface area contributed by atoms with Gasteiger partial charge in [0, 0.05) is 32.3 Å². The van der Waals surface area contributed by atoms with Gasteiger partial charge in [-0.1, -0.05) is 129 Å². The van der Waals surface area contributed by atoms with Crippen LogP contribution in [0.3, 0.4) is 0 Å². The third-order valence-corrected chi connectivity index (χ3v) is 7.53. The number of ether oxygens (including phenoxy) is 2. The summed E-state index contributed by atoms with van der Waals surface area (Å²) in [4.78, 5) is 2.13. The summed E-state index contributed by atoms with van der Waals surface area (Å²) < 4.78 is 11.5. The third kappa shape index (κ3) is 27.4. The number of rotatable bonds is 31. The van der Waals surface area contributed by atoms with Gasteiger partial charge < -0.3 is 19.7 Å². The van der Waals surface area contributed by atoms with Crippen LogP contribution in [-0.4, -0.2) is 72.9 Å². The van der Waals surface area contributed by atoms with Gasteiger partial charge in [0.25, 0.3) is 0 Å². The number of aliphatic hydroxyl groups is 2. The van der Waals surface area contributed by atoms with E-state index in [2.05, 4.69) is 32.6 Å². The zero-order valence-electron chi connectivity index (χ0n) is 26.3. The molecule has 230 valence electrons. The van der Waals surface area contributed by atoms with Crippen LogP contribution >= 0.6 is 0 Å². The van der Waals surface area contributed by atoms with E-state index in [4.69, 9.17) is 9.47 Å². The molecule has 0 rings (SSSR count). The smallest absolute Gasteiger partial charge is 0.0900 e. The fraction of sp³-hybridized carbons (Fsp3) is 1.00. The van der Waals surface area contributed by atoms with Crippen molar-refractivity contribution >= 4 is 0 Å². The van der Waals surface area contributed by atoms with Crippen LogP contribution < -0.4 is 0 Å². The predicted molar refractivity (Wildman–Crippen MR) is 164 cm³/mol. The van der Waals surface area contributed by atoms with Gasteiger partial charge in [-0.15, -0.1) is 0 Å². The molecule has 0 aliphatic carbocycles. The Morgan fingerprint density at radius 1 is 0.474 bits per heavy atom. The average molecular weight is 544 g/mol. The highest BCUT2D eigenvalue weighted by Crippen LogP contribution is 2.12. The molecule has 0 bridgehead atoms. The summed E-state index contributed by atoms with van der Waals surface area (Å²) in [5, 5.41) is 20.9. The maximum absolute atomic E-state index is 10.5. The van der Waals surface area contributed by atoms with E-state index in [1.807, 2.05) is 0 Å². The molecule has 0 aliphatic heterocycles. The standard InChI is InChI=1S/C33H69NO4/c1-5-7-9-11-13-15-17-19-21-23-25-37-29-32(35)27-34(31(3)4)28-33(36)30-38-26-24-22-20-18-16-14-12-10-8-6-2/h31-33,35-36H,5-30H2,1-4H3. The van der Waals surface area contributed by atoms with Gasteiger partial charge in [-0.25, -0.2) is 0 Å². The van der Waals surface area contributed by atoms with E-state index in [0.717, 1.165) is 26.1 Å². The fourth-order valence-electron chi connectivity index (χ4n) is 4.96. The lowest BCUT2D eigenvalue weighted by atomic mass is 10.1. The van der Waals surface area contributed by atoms with Crippen molar-refractivity contribution in [2.45, 2.75) is 174 Å². The van der Waals surface area contributed by atoms with E-state index in [1.54, 1.807) is 0 Å². The average Bonchev–Trinajstić information content (AvgIpc) is 2.89. The van der Waals surface area contributed by atoms with Gasteiger partial charge >= 0.3 is 0 Å². The van der Waals surface area contributed by atoms with Crippen molar-refractivity contribution in [3.05, 3.63) is 0 Å². The van der Waals surface area contributed by atoms with E-state index in [0.29, 0.717) is 26.3 Å². The van der Waals surface area contributed by atoms with Gasteiger partial charge in [0.05, 0.1) is 25.4 Å². The first kappa shape index (κ1) is 37.8. The summed E-state index contributed by atoms with van der Waals surface area (Å²) in [5.41, 5.74) is 0. The monoisotopic (exact) mass is 544 g/mol. The Hall–Kier alpha value is -0.200. The molecule has 0 spiro atoms. The first-order valence-corrected chi connectivity index (χ1v) is 16.8. The number of hydrogen-bond acceptors (Lipinski definition) is 5. The molecule has 0 aromatic carbocycles. The molecule has 38 heavy (non-hydrogen) atoms. The minimum absolute atomic E-state index is 0.253. The summed E-state index contributed by atoms with van der Waals surface area (Å²) >= 11 is 0. The molecule has 0 saturated carbocycles. The van der Waals surface area contributed by atoms with Gasteiger partial charge in [-0.2, -0.15) is 0 Å². The van der Waals surface area contributed by atoms with Gasteiger partial charge in [0.1, 0.15) is 0 Å². The van der Waals surface area contributed by atoms with Crippen molar-refractivity contribution in [1.82, 2.24) is 4.90 Å². The first-order chi connectivity index (χ1) is 18.5. The molecule has 0 aliphatic rings. The van der Waals surface area contributed by atoms with Gasteiger partial charge in [0.2, 0.25) is 0 Å². The van der Waals surface area contributed by atoms with Crippen molar-refractivity contribution in [2.24, 2.45) is 0 Å². The summed E-state index contributed by atoms with van der Waals surface area (Å²) in [7, 11) is 0. The molecule has 5 heteroatoms. The van der Waals surface area contributed by atoms with Gasteiger partial charge in [-0.3, -0.25) is 4.90 Å². The molecule has 0 aromatic heterocycles. The van der Waals surface area contributed by atoms with E-state index < -0.39 is 12.2 Å². The van der Waals surface area contributed by atoms with Crippen molar-refractivity contribution < 1.29 is 19.7 Å². The molecule has 0 heterocycles. The SMILES string of the molecule is CCCCCCCCCCCCOCC(O)CN(CC(O)COCCCCCCCCCCCC)C(C)C. The Morgan fingerprint density at radius 3 is 1.05 bits per heavy atom. The highest BCUT2D eigenvalue weighted by Gasteiger charge is 2.18. The predicted octanol–water partition coefficient (Wildman–Crippen LogP) is 8.29. The zero-order valence-corrected chi connectivity index (χ0v) is 26.3. The van der Waals surface area contributed by atoms with Crippen LogP contribution in [0.25, 0.3) is 0 Å². The molecule has 2 unspecified atom stereocenters. The van der Waals surface area contributed by atoms with E-state index in [-0.39, 0.29) is 6.04 Å². The summed E-state index contributed by atoms with van der Waals surface area (Å²) in [6.07, 6.45) is 25.3. The second kappa shape index (κ2) is 29.8. The van der Waals surface area contributed by atoms with Crippen LogP contribution in [0, 0.1) is 0 Å². The number of unbranched alkanes of at least 4 members (excludes halogenated alkanes) is 18. The molecule has 0 saturated heterocycles. The molecule has 0 amide bonds. The van der Waals surface area contributed by atoms with Crippen molar-refractivity contribution in [3.8, 4) is 0 Å². The third-order valence-electron chi connectivity index (χ3n) is 7.53. The van der Waals surface area contributed by atoms with Crippen LogP contribution in [0.1, 0.15) is 156 Å². The quantitative estimate of drug-likeness (QED) is 0.0861. The molecule has 2 atom stereocenters. The number of aliphatic hydroxyl groups excluding tert-OH is 2. The maximum Gasteiger partial charge on any atom is 0.0900 e. The van der Waals surface area contributed by atoms with Crippen LogP contribution in [0.5, 0.6) is 0 Å². The lowest BCUT2D eigenvalue weighted by molar-refractivity contribution is -0.0183. The highest BCUT2D eigenvalue weighted by atomic mass is 16.5. The zero-order chi connectivity index (χ0) is 28.1. The van der Waals surface area contributed by atoms with E-state index >= 15 is 0 Å². The molecular formula is C33H69NO4. The normalized spacial score (nSPS) is 13.6. The minimum Gasteiger partial charge on any atom is -0.389 e. The van der Waals surface area contributed by atoms with E-state index in [1.165, 1.54) is 116 Å². The Morgan fingerprint density at radius 2 is 0.763 bits per heavy atom. The minimum atomic E-state index is -0.528. The van der Waals surface area contributed by atoms with Gasteiger partial charge in [-0.05, 0) is 26.7 Å². The summed E-state index contributed by atoms with van der Waals surface area (Å²) in [6, 6.07) is 0.253. The maximum atomic E-state index is 10.5. The molecule has 0 aromatic rings.